The molecule has 0 aliphatic heterocycles. The monoisotopic (exact) mass is 240 g/mol. The van der Waals surface area contributed by atoms with Crippen LogP contribution in [0.25, 0.3) is 0 Å². The molecule has 1 aromatic rings. The zero-order valence-corrected chi connectivity index (χ0v) is 10.0. The van der Waals surface area contributed by atoms with E-state index < -0.39 is 5.82 Å². The predicted octanol–water partition coefficient (Wildman–Crippen LogP) is 1.32. The van der Waals surface area contributed by atoms with E-state index in [9.17, 15) is 9.18 Å². The minimum absolute atomic E-state index is 0.117. The Hall–Kier alpha value is -1.62. The molecule has 0 aliphatic rings. The average molecular weight is 240 g/mol. The van der Waals surface area contributed by atoms with Gasteiger partial charge in [0.15, 0.2) is 0 Å². The van der Waals surface area contributed by atoms with E-state index in [2.05, 4.69) is 5.32 Å². The standard InChI is InChI=1S/C12H17FN2O2/c1-3-14-11-9(5-4-6-10(11)13)12(17)15(2)7-8-16/h4-6,14,16H,3,7-8H2,1-2H3. The van der Waals surface area contributed by atoms with Gasteiger partial charge in [0.05, 0.1) is 17.9 Å². The molecule has 1 rings (SSSR count). The second-order valence-corrected chi connectivity index (χ2v) is 3.64. The number of carbonyl (C=O) groups is 1. The van der Waals surface area contributed by atoms with Gasteiger partial charge in [-0.05, 0) is 19.1 Å². The van der Waals surface area contributed by atoms with Crippen LogP contribution >= 0.6 is 0 Å². The summed E-state index contributed by atoms with van der Waals surface area (Å²) < 4.78 is 13.6. The van der Waals surface area contributed by atoms with E-state index in [4.69, 9.17) is 5.11 Å². The van der Waals surface area contributed by atoms with Crippen LogP contribution in [-0.4, -0.2) is 42.7 Å². The van der Waals surface area contributed by atoms with Crippen LogP contribution in [-0.2, 0) is 0 Å². The third kappa shape index (κ3) is 3.17. The Labute approximate surface area is 100 Å². The second-order valence-electron chi connectivity index (χ2n) is 3.64. The molecule has 5 heteroatoms. The van der Waals surface area contributed by atoms with Crippen molar-refractivity contribution in [2.75, 3.05) is 32.1 Å². The Morgan fingerprint density at radius 3 is 2.82 bits per heavy atom. The number of aliphatic hydroxyl groups is 1. The van der Waals surface area contributed by atoms with Crippen LogP contribution < -0.4 is 5.32 Å². The van der Waals surface area contributed by atoms with Crippen molar-refractivity contribution in [3.8, 4) is 0 Å². The highest BCUT2D eigenvalue weighted by atomic mass is 19.1. The SMILES string of the molecule is CCNc1c(F)cccc1C(=O)N(C)CCO. The van der Waals surface area contributed by atoms with Crippen LogP contribution in [0.1, 0.15) is 17.3 Å². The lowest BCUT2D eigenvalue weighted by atomic mass is 10.1. The molecule has 0 saturated carbocycles. The van der Waals surface area contributed by atoms with Crippen LogP contribution in [0.5, 0.6) is 0 Å². The summed E-state index contributed by atoms with van der Waals surface area (Å²) in [6, 6.07) is 4.37. The van der Waals surface area contributed by atoms with E-state index in [1.54, 1.807) is 13.1 Å². The van der Waals surface area contributed by atoms with Gasteiger partial charge in [-0.2, -0.15) is 0 Å². The molecule has 0 atom stereocenters. The van der Waals surface area contributed by atoms with E-state index in [1.807, 2.05) is 6.92 Å². The topological polar surface area (TPSA) is 52.6 Å². The second kappa shape index (κ2) is 6.20. The first-order chi connectivity index (χ1) is 8.11. The lowest BCUT2D eigenvalue weighted by Gasteiger charge is -2.18. The molecule has 0 aliphatic carbocycles. The Bertz CT molecular complexity index is 396. The van der Waals surface area contributed by atoms with Crippen LogP contribution in [0.4, 0.5) is 10.1 Å². The van der Waals surface area contributed by atoms with E-state index >= 15 is 0 Å². The molecular weight excluding hydrogens is 223 g/mol. The zero-order valence-electron chi connectivity index (χ0n) is 10.0. The quantitative estimate of drug-likeness (QED) is 0.816. The van der Waals surface area contributed by atoms with Crippen molar-refractivity contribution in [2.24, 2.45) is 0 Å². The van der Waals surface area contributed by atoms with Gasteiger partial charge in [0.2, 0.25) is 0 Å². The van der Waals surface area contributed by atoms with Gasteiger partial charge < -0.3 is 15.3 Å². The van der Waals surface area contributed by atoms with Crippen LogP contribution in [0, 0.1) is 5.82 Å². The van der Waals surface area contributed by atoms with Gasteiger partial charge in [0, 0.05) is 20.1 Å². The highest BCUT2D eigenvalue weighted by Crippen LogP contribution is 2.20. The van der Waals surface area contributed by atoms with E-state index in [0.717, 1.165) is 0 Å². The largest absolute Gasteiger partial charge is 0.395 e. The van der Waals surface area contributed by atoms with Crippen molar-refractivity contribution in [3.05, 3.63) is 29.6 Å². The summed E-state index contributed by atoms with van der Waals surface area (Å²) in [5, 5.41) is 11.6. The first-order valence-electron chi connectivity index (χ1n) is 5.50. The number of nitrogens with zero attached hydrogens (tertiary/aromatic N) is 1. The zero-order chi connectivity index (χ0) is 12.8. The Morgan fingerprint density at radius 2 is 2.24 bits per heavy atom. The van der Waals surface area contributed by atoms with Crippen molar-refractivity contribution in [1.29, 1.82) is 0 Å². The fourth-order valence-electron chi connectivity index (χ4n) is 1.52. The van der Waals surface area contributed by atoms with Gasteiger partial charge >= 0.3 is 0 Å². The number of likely N-dealkylation sites (N-methyl/N-ethyl adjacent to an activating group) is 1. The summed E-state index contributed by atoms with van der Waals surface area (Å²) in [6.45, 7) is 2.47. The fourth-order valence-corrected chi connectivity index (χ4v) is 1.52. The molecule has 4 nitrogen and oxygen atoms in total. The molecule has 0 radical (unpaired) electrons. The van der Waals surface area contributed by atoms with Gasteiger partial charge in [-0.1, -0.05) is 6.07 Å². The Kier molecular flexibility index (Phi) is 4.90. The number of hydrogen-bond donors (Lipinski definition) is 2. The molecular formula is C12H17FN2O2. The van der Waals surface area contributed by atoms with Crippen molar-refractivity contribution in [3.63, 3.8) is 0 Å². The van der Waals surface area contributed by atoms with Gasteiger partial charge in [-0.25, -0.2) is 4.39 Å². The smallest absolute Gasteiger partial charge is 0.255 e. The summed E-state index contributed by atoms with van der Waals surface area (Å²) in [6.07, 6.45) is 0. The van der Waals surface area contributed by atoms with Crippen molar-refractivity contribution >= 4 is 11.6 Å². The fraction of sp³-hybridized carbons (Fsp3) is 0.417. The van der Waals surface area contributed by atoms with Crippen LogP contribution in [0.2, 0.25) is 0 Å². The van der Waals surface area contributed by atoms with Gasteiger partial charge in [-0.3, -0.25) is 4.79 Å². The Morgan fingerprint density at radius 1 is 1.53 bits per heavy atom. The van der Waals surface area contributed by atoms with E-state index in [1.165, 1.54) is 17.0 Å². The minimum Gasteiger partial charge on any atom is -0.395 e. The highest BCUT2D eigenvalue weighted by Gasteiger charge is 2.17. The van der Waals surface area contributed by atoms with Crippen LogP contribution in [0.3, 0.4) is 0 Å². The molecule has 94 valence electrons. The molecule has 0 fully saturated rings. The highest BCUT2D eigenvalue weighted by molar-refractivity contribution is 5.99. The molecule has 1 aromatic carbocycles. The third-order valence-corrected chi connectivity index (χ3v) is 2.38. The molecule has 0 bridgehead atoms. The molecule has 0 heterocycles. The summed E-state index contributed by atoms with van der Waals surface area (Å²) in [5.74, 6) is -0.760. The maximum absolute atomic E-state index is 13.6. The van der Waals surface area contributed by atoms with Crippen molar-refractivity contribution < 1.29 is 14.3 Å². The number of halogens is 1. The molecule has 0 spiro atoms. The van der Waals surface area contributed by atoms with Crippen molar-refractivity contribution in [2.45, 2.75) is 6.92 Å². The van der Waals surface area contributed by atoms with Crippen LogP contribution in [0.15, 0.2) is 18.2 Å². The first kappa shape index (κ1) is 13.4. The maximum atomic E-state index is 13.6. The predicted molar refractivity (Wildman–Crippen MR) is 64.6 cm³/mol. The number of nitrogens with one attached hydrogen (secondary N) is 1. The summed E-state index contributed by atoms with van der Waals surface area (Å²) >= 11 is 0. The van der Waals surface area contributed by atoms with Crippen molar-refractivity contribution in [1.82, 2.24) is 4.90 Å². The lowest BCUT2D eigenvalue weighted by Crippen LogP contribution is -2.30. The number of hydrogen-bond acceptors (Lipinski definition) is 3. The Balaban J connectivity index is 3.03. The number of para-hydroxylation sites is 1. The third-order valence-electron chi connectivity index (χ3n) is 2.38. The summed E-state index contributed by atoms with van der Waals surface area (Å²) in [5.41, 5.74) is 0.493. The number of benzene rings is 1. The number of anilines is 1. The number of carbonyl (C=O) groups excluding carboxylic acids is 1. The normalized spacial score (nSPS) is 10.1. The summed E-state index contributed by atoms with van der Waals surface area (Å²) in [7, 11) is 1.57. The van der Waals surface area contributed by atoms with E-state index in [-0.39, 0.29) is 30.3 Å². The molecule has 17 heavy (non-hydrogen) atoms. The molecule has 1 amide bonds. The lowest BCUT2D eigenvalue weighted by molar-refractivity contribution is 0.0767. The number of aliphatic hydroxyl groups excluding tert-OH is 1. The number of rotatable bonds is 5. The number of amides is 1. The van der Waals surface area contributed by atoms with Gasteiger partial charge in [0.25, 0.3) is 5.91 Å². The first-order valence-corrected chi connectivity index (χ1v) is 5.50. The molecule has 0 unspecified atom stereocenters. The van der Waals surface area contributed by atoms with E-state index in [0.29, 0.717) is 6.54 Å². The molecule has 2 N–H and O–H groups in total. The molecule has 0 saturated heterocycles. The molecule has 0 aromatic heterocycles. The van der Waals surface area contributed by atoms with Gasteiger partial charge in [-0.15, -0.1) is 0 Å². The van der Waals surface area contributed by atoms with Gasteiger partial charge in [0.1, 0.15) is 5.82 Å². The minimum atomic E-state index is -0.449. The summed E-state index contributed by atoms with van der Waals surface area (Å²) in [4.78, 5) is 13.3. The average Bonchev–Trinajstić information content (AvgIpc) is 2.31. The maximum Gasteiger partial charge on any atom is 0.255 e.